The molecule has 1 amide bonds. The maximum atomic E-state index is 12.9. The summed E-state index contributed by atoms with van der Waals surface area (Å²) in [5.41, 5.74) is 1.17. The van der Waals surface area contributed by atoms with Gasteiger partial charge in [0.15, 0.2) is 0 Å². The largest absolute Gasteiger partial charge is 0.339 e. The van der Waals surface area contributed by atoms with E-state index < -0.39 is 10.0 Å². The van der Waals surface area contributed by atoms with Gasteiger partial charge < -0.3 is 4.90 Å². The highest BCUT2D eigenvalue weighted by Gasteiger charge is 2.28. The second-order valence-corrected chi connectivity index (χ2v) is 10.2. The van der Waals surface area contributed by atoms with E-state index in [-0.39, 0.29) is 23.9 Å². The van der Waals surface area contributed by atoms with Gasteiger partial charge in [-0.25, -0.2) is 8.42 Å². The van der Waals surface area contributed by atoms with Crippen LogP contribution in [0.4, 0.5) is 0 Å². The summed E-state index contributed by atoms with van der Waals surface area (Å²) in [5, 5.41) is 0. The number of benzene rings is 2. The summed E-state index contributed by atoms with van der Waals surface area (Å²) in [7, 11) is -3.71. The Labute approximate surface area is 193 Å². The number of hydrogen-bond acceptors (Lipinski definition) is 4. The number of carbonyl (C=O) groups excluding carboxylic acids is 1. The fourth-order valence-corrected chi connectivity index (χ4v) is 5.12. The van der Waals surface area contributed by atoms with Crippen molar-refractivity contribution in [2.45, 2.75) is 11.8 Å². The summed E-state index contributed by atoms with van der Waals surface area (Å²) >= 11 is 3.31. The molecule has 0 bridgehead atoms. The molecule has 2 aromatic carbocycles. The van der Waals surface area contributed by atoms with Gasteiger partial charge in [-0.3, -0.25) is 9.69 Å². The Kier molecular flexibility index (Phi) is 8.43. The molecule has 0 atom stereocenters. The number of hydrogen-bond donors (Lipinski definition) is 0. The van der Waals surface area contributed by atoms with Crippen LogP contribution in [0.2, 0.25) is 0 Å². The monoisotopic (exact) mass is 505 g/mol. The Hall–Kier alpha value is -2.00. The summed E-state index contributed by atoms with van der Waals surface area (Å²) in [4.78, 5) is 17.0. The minimum Gasteiger partial charge on any atom is -0.339 e. The van der Waals surface area contributed by atoms with Crippen molar-refractivity contribution in [2.24, 2.45) is 0 Å². The first-order chi connectivity index (χ1) is 14.9. The topological polar surface area (TPSA) is 60.9 Å². The van der Waals surface area contributed by atoms with Crippen LogP contribution in [-0.2, 0) is 14.8 Å². The van der Waals surface area contributed by atoms with E-state index in [1.807, 2.05) is 18.2 Å². The molecule has 1 fully saturated rings. The predicted octanol–water partition coefficient (Wildman–Crippen LogP) is 3.32. The Morgan fingerprint density at radius 2 is 1.68 bits per heavy atom. The van der Waals surface area contributed by atoms with Gasteiger partial charge in [0.2, 0.25) is 15.9 Å². The molecule has 31 heavy (non-hydrogen) atoms. The fraction of sp³-hybridized carbons (Fsp3) is 0.348. The standard InChI is InChI=1S/C23H28BrN3O3S/c1-2-27(31(29,30)22-12-10-21(24)11-13-22)19-23(28)26-17-15-25(16-18-26)14-6-9-20-7-4-3-5-8-20/h3-13H,2,14-19H2,1H3/b9-6+. The van der Waals surface area contributed by atoms with E-state index in [1.165, 1.54) is 9.87 Å². The van der Waals surface area contributed by atoms with E-state index in [9.17, 15) is 13.2 Å². The Bertz CT molecular complexity index is 986. The van der Waals surface area contributed by atoms with Crippen molar-refractivity contribution in [2.75, 3.05) is 45.8 Å². The van der Waals surface area contributed by atoms with Gasteiger partial charge in [-0.1, -0.05) is 65.3 Å². The zero-order chi connectivity index (χ0) is 22.3. The summed E-state index contributed by atoms with van der Waals surface area (Å²) in [6, 6.07) is 16.6. The molecule has 0 spiro atoms. The summed E-state index contributed by atoms with van der Waals surface area (Å²) in [5.74, 6) is -0.151. The first-order valence-corrected chi connectivity index (χ1v) is 12.6. The molecule has 0 aliphatic carbocycles. The maximum Gasteiger partial charge on any atom is 0.243 e. The lowest BCUT2D eigenvalue weighted by Gasteiger charge is -2.35. The molecule has 166 valence electrons. The molecule has 1 heterocycles. The van der Waals surface area contributed by atoms with Crippen LogP contribution in [0.25, 0.3) is 6.08 Å². The van der Waals surface area contributed by atoms with E-state index in [0.29, 0.717) is 13.1 Å². The van der Waals surface area contributed by atoms with Gasteiger partial charge in [0, 0.05) is 43.7 Å². The van der Waals surface area contributed by atoms with E-state index in [2.05, 4.69) is 45.1 Å². The highest BCUT2D eigenvalue weighted by molar-refractivity contribution is 9.10. The zero-order valence-electron chi connectivity index (χ0n) is 17.7. The smallest absolute Gasteiger partial charge is 0.243 e. The van der Waals surface area contributed by atoms with Crippen molar-refractivity contribution < 1.29 is 13.2 Å². The van der Waals surface area contributed by atoms with Crippen LogP contribution in [0.15, 0.2) is 70.0 Å². The molecule has 8 heteroatoms. The highest BCUT2D eigenvalue weighted by Crippen LogP contribution is 2.19. The number of nitrogens with zero attached hydrogens (tertiary/aromatic N) is 3. The third-order valence-electron chi connectivity index (χ3n) is 5.31. The van der Waals surface area contributed by atoms with Crippen molar-refractivity contribution in [3.05, 3.63) is 70.7 Å². The summed E-state index contributed by atoms with van der Waals surface area (Å²) in [6.07, 6.45) is 4.24. The second-order valence-electron chi connectivity index (χ2n) is 7.38. The lowest BCUT2D eigenvalue weighted by molar-refractivity contribution is -0.133. The minimum absolute atomic E-state index is 0.136. The minimum atomic E-state index is -3.71. The second kappa shape index (κ2) is 11.0. The Morgan fingerprint density at radius 1 is 1.03 bits per heavy atom. The van der Waals surface area contributed by atoms with Gasteiger partial charge in [-0.2, -0.15) is 4.31 Å². The molecule has 0 aromatic heterocycles. The van der Waals surface area contributed by atoms with Crippen LogP contribution in [0, 0.1) is 0 Å². The van der Waals surface area contributed by atoms with E-state index in [4.69, 9.17) is 0 Å². The molecule has 0 unspecified atom stereocenters. The molecule has 1 saturated heterocycles. The van der Waals surface area contributed by atoms with Crippen LogP contribution in [-0.4, -0.2) is 74.2 Å². The van der Waals surface area contributed by atoms with Gasteiger partial charge in [-0.15, -0.1) is 0 Å². The molecule has 0 N–H and O–H groups in total. The fourth-order valence-electron chi connectivity index (χ4n) is 3.46. The van der Waals surface area contributed by atoms with Crippen molar-refractivity contribution >= 4 is 37.9 Å². The molecule has 0 saturated carbocycles. The first kappa shape index (κ1) is 23.7. The zero-order valence-corrected chi connectivity index (χ0v) is 20.1. The van der Waals surface area contributed by atoms with Gasteiger partial charge in [0.05, 0.1) is 11.4 Å². The molecular formula is C23H28BrN3O3S. The van der Waals surface area contributed by atoms with Crippen LogP contribution < -0.4 is 0 Å². The van der Waals surface area contributed by atoms with E-state index in [1.54, 1.807) is 36.1 Å². The van der Waals surface area contributed by atoms with Gasteiger partial charge >= 0.3 is 0 Å². The lowest BCUT2D eigenvalue weighted by Crippen LogP contribution is -2.51. The van der Waals surface area contributed by atoms with Crippen molar-refractivity contribution in [1.82, 2.24) is 14.1 Å². The quantitative estimate of drug-likeness (QED) is 0.552. The van der Waals surface area contributed by atoms with Gasteiger partial charge in [-0.05, 0) is 29.8 Å². The molecule has 2 aromatic rings. The summed E-state index contributed by atoms with van der Waals surface area (Å²) < 4.78 is 27.9. The number of halogens is 1. The molecule has 1 aliphatic heterocycles. The van der Waals surface area contributed by atoms with Crippen LogP contribution in [0.3, 0.4) is 0 Å². The third-order valence-corrected chi connectivity index (χ3v) is 7.78. The molecule has 1 aliphatic rings. The van der Waals surface area contributed by atoms with Crippen LogP contribution in [0.1, 0.15) is 12.5 Å². The molecule has 0 radical (unpaired) electrons. The van der Waals surface area contributed by atoms with E-state index >= 15 is 0 Å². The van der Waals surface area contributed by atoms with Crippen molar-refractivity contribution in [1.29, 1.82) is 0 Å². The van der Waals surface area contributed by atoms with Gasteiger partial charge in [0.25, 0.3) is 0 Å². The highest BCUT2D eigenvalue weighted by atomic mass is 79.9. The number of likely N-dealkylation sites (N-methyl/N-ethyl adjacent to an activating group) is 1. The molecule has 3 rings (SSSR count). The average Bonchev–Trinajstić information content (AvgIpc) is 2.78. The molecular weight excluding hydrogens is 478 g/mol. The lowest BCUT2D eigenvalue weighted by atomic mass is 10.2. The number of rotatable bonds is 8. The van der Waals surface area contributed by atoms with Crippen molar-refractivity contribution in [3.63, 3.8) is 0 Å². The molecule has 6 nitrogen and oxygen atoms in total. The third kappa shape index (κ3) is 6.49. The Morgan fingerprint density at radius 3 is 2.29 bits per heavy atom. The first-order valence-electron chi connectivity index (χ1n) is 10.4. The number of carbonyl (C=O) groups is 1. The van der Waals surface area contributed by atoms with Gasteiger partial charge in [0.1, 0.15) is 0 Å². The number of amides is 1. The number of sulfonamides is 1. The number of piperazine rings is 1. The average molecular weight is 506 g/mol. The normalized spacial score (nSPS) is 15.6. The van der Waals surface area contributed by atoms with Crippen molar-refractivity contribution in [3.8, 4) is 0 Å². The maximum absolute atomic E-state index is 12.9. The van der Waals surface area contributed by atoms with Crippen LogP contribution in [0.5, 0.6) is 0 Å². The van der Waals surface area contributed by atoms with E-state index in [0.717, 1.165) is 24.1 Å². The summed E-state index contributed by atoms with van der Waals surface area (Å²) in [6.45, 7) is 5.45. The SMILES string of the molecule is CCN(CC(=O)N1CCN(C/C=C/c2ccccc2)CC1)S(=O)(=O)c1ccc(Br)cc1. The van der Waals surface area contributed by atoms with Crippen LogP contribution >= 0.6 is 15.9 Å². The Balaban J connectivity index is 1.51. The predicted molar refractivity (Wildman–Crippen MR) is 127 cm³/mol.